The molecule has 1 aliphatic rings. The van der Waals surface area contributed by atoms with Gasteiger partial charge in [0.25, 0.3) is 0 Å². The molecule has 11 nitrogen and oxygen atoms in total. The van der Waals surface area contributed by atoms with E-state index < -0.39 is 29.6 Å². The largest absolute Gasteiger partial charge is 0.481 e. The van der Waals surface area contributed by atoms with Gasteiger partial charge in [-0.3, -0.25) is 9.80 Å². The predicted octanol–water partition coefficient (Wildman–Crippen LogP) is 3.04. The molecule has 0 saturated carbocycles. The average Bonchev–Trinajstić information content (AvgIpc) is 3.36. The second-order valence-electron chi connectivity index (χ2n) is 8.55. The zero-order valence-corrected chi connectivity index (χ0v) is 22.2. The fourth-order valence-electron chi connectivity index (χ4n) is 4.02. The third kappa shape index (κ3) is 7.10. The molecule has 4 rings (SSSR count). The van der Waals surface area contributed by atoms with Crippen LogP contribution >= 0.6 is 12.2 Å². The molecule has 3 heterocycles. The number of nitrogens with zero attached hydrogens (tertiary/aromatic N) is 5. The van der Waals surface area contributed by atoms with Crippen LogP contribution in [0.4, 0.5) is 25.1 Å². The van der Waals surface area contributed by atoms with Crippen molar-refractivity contribution in [3.63, 3.8) is 0 Å². The highest BCUT2D eigenvalue weighted by atomic mass is 32.2. The first kappa shape index (κ1) is 28.0. The quantitative estimate of drug-likeness (QED) is 0.220. The van der Waals surface area contributed by atoms with E-state index in [2.05, 4.69) is 20.8 Å². The number of anilines is 2. The Morgan fingerprint density at radius 1 is 1.15 bits per heavy atom. The van der Waals surface area contributed by atoms with Crippen molar-refractivity contribution < 1.29 is 27.4 Å². The number of nitrogens with one attached hydrogen (secondary N) is 2. The van der Waals surface area contributed by atoms with Crippen molar-refractivity contribution in [1.82, 2.24) is 25.2 Å². The number of methoxy groups -OCH3 is 1. The Labute approximate surface area is 228 Å². The lowest BCUT2D eigenvalue weighted by Gasteiger charge is -2.27. The van der Waals surface area contributed by atoms with E-state index in [0.29, 0.717) is 18.1 Å². The first-order chi connectivity index (χ1) is 18.7. The predicted molar refractivity (Wildman–Crippen MR) is 141 cm³/mol. The molecule has 2 N–H and O–H groups in total. The molecule has 3 amide bonds. The lowest BCUT2D eigenvalue weighted by Crippen LogP contribution is -2.51. The Hall–Kier alpha value is -4.01. The molecule has 0 aliphatic carbocycles. The van der Waals surface area contributed by atoms with Crippen molar-refractivity contribution in [2.45, 2.75) is 18.9 Å². The molecule has 1 atom stereocenters. The zero-order valence-electron chi connectivity index (χ0n) is 21.4. The summed E-state index contributed by atoms with van der Waals surface area (Å²) in [7, 11) is 4.71. The minimum Gasteiger partial charge on any atom is -0.481 e. The van der Waals surface area contributed by atoms with Crippen LogP contribution in [0.25, 0.3) is 0 Å². The van der Waals surface area contributed by atoms with Gasteiger partial charge in [-0.2, -0.15) is 4.28 Å². The summed E-state index contributed by atoms with van der Waals surface area (Å²) < 4.78 is 39.6. The van der Waals surface area contributed by atoms with E-state index in [9.17, 15) is 18.4 Å². The molecule has 0 fully saturated rings. The van der Waals surface area contributed by atoms with Crippen LogP contribution < -0.4 is 25.4 Å². The third-order valence-electron chi connectivity index (χ3n) is 5.94. The van der Waals surface area contributed by atoms with Gasteiger partial charge in [0.2, 0.25) is 11.8 Å². The summed E-state index contributed by atoms with van der Waals surface area (Å²) in [4.78, 5) is 35.8. The fraction of sp³-hybridized carbons (Fsp3) is 0.280. The SMILES string of the molecule is COc1ccc(N(C)C(=O)C(Cc2cc(F)cc(F)c2)NC(=O)NOSN(C)N2CCc3cccnc32)cn1. The minimum absolute atomic E-state index is 0.182. The van der Waals surface area contributed by atoms with Gasteiger partial charge >= 0.3 is 6.03 Å². The second-order valence-corrected chi connectivity index (χ2v) is 9.39. The topological polar surface area (TPSA) is 112 Å². The van der Waals surface area contributed by atoms with Crippen molar-refractivity contribution in [3.05, 3.63) is 77.6 Å². The van der Waals surface area contributed by atoms with Gasteiger partial charge < -0.3 is 15.0 Å². The van der Waals surface area contributed by atoms with Gasteiger partial charge in [-0.25, -0.2) is 29.0 Å². The standard InChI is InChI=1S/C25H27F2N7O4S/c1-32(20-6-7-22(37-3)29-15-20)24(35)21(13-16-11-18(26)14-19(27)12-16)30-25(36)31-38-39-33(2)34-10-8-17-5-4-9-28-23(17)34/h4-7,9,11-12,14-15,21H,8,10,13H2,1-3H3,(H2,30,31,36). The van der Waals surface area contributed by atoms with Crippen LogP contribution in [0.5, 0.6) is 5.88 Å². The zero-order chi connectivity index (χ0) is 27.9. The van der Waals surface area contributed by atoms with E-state index in [0.717, 1.165) is 48.2 Å². The molecule has 0 bridgehead atoms. The number of hydrazine groups is 1. The van der Waals surface area contributed by atoms with Crippen LogP contribution in [-0.4, -0.2) is 60.1 Å². The molecule has 206 valence electrons. The third-order valence-corrected chi connectivity index (χ3v) is 6.51. The molecule has 1 unspecified atom stereocenters. The van der Waals surface area contributed by atoms with Crippen LogP contribution in [0.15, 0.2) is 54.9 Å². The molecular weight excluding hydrogens is 532 g/mol. The smallest absolute Gasteiger partial charge is 0.340 e. The number of fused-ring (bicyclic) bond motifs is 1. The molecule has 1 aliphatic heterocycles. The van der Waals surface area contributed by atoms with E-state index in [4.69, 9.17) is 9.02 Å². The number of pyridine rings is 2. The van der Waals surface area contributed by atoms with Gasteiger partial charge in [-0.05, 0) is 41.8 Å². The highest BCUT2D eigenvalue weighted by molar-refractivity contribution is 7.92. The number of halogens is 2. The van der Waals surface area contributed by atoms with E-state index in [1.54, 1.807) is 29.8 Å². The molecule has 0 radical (unpaired) electrons. The van der Waals surface area contributed by atoms with E-state index >= 15 is 0 Å². The highest BCUT2D eigenvalue weighted by Crippen LogP contribution is 2.28. The Morgan fingerprint density at radius 3 is 2.62 bits per heavy atom. The average molecular weight is 560 g/mol. The van der Waals surface area contributed by atoms with Crippen molar-refractivity contribution in [2.24, 2.45) is 0 Å². The maximum absolute atomic E-state index is 13.8. The monoisotopic (exact) mass is 559 g/mol. The maximum atomic E-state index is 13.8. The van der Waals surface area contributed by atoms with Crippen LogP contribution in [0.2, 0.25) is 0 Å². The Morgan fingerprint density at radius 2 is 1.92 bits per heavy atom. The number of carbonyl (C=O) groups excluding carboxylic acids is 2. The summed E-state index contributed by atoms with van der Waals surface area (Å²) in [5, 5.41) is 4.41. The summed E-state index contributed by atoms with van der Waals surface area (Å²) in [6.45, 7) is 0.693. The van der Waals surface area contributed by atoms with Crippen LogP contribution in [0.1, 0.15) is 11.1 Å². The van der Waals surface area contributed by atoms with Gasteiger partial charge in [-0.1, -0.05) is 6.07 Å². The van der Waals surface area contributed by atoms with E-state index in [-0.39, 0.29) is 12.0 Å². The number of hydroxylamine groups is 1. The summed E-state index contributed by atoms with van der Waals surface area (Å²) in [6, 6.07) is 7.96. The van der Waals surface area contributed by atoms with Crippen LogP contribution in [0.3, 0.4) is 0 Å². The number of hydrogen-bond donors (Lipinski definition) is 2. The van der Waals surface area contributed by atoms with Crippen LogP contribution in [-0.2, 0) is 21.9 Å². The Bertz CT molecular complexity index is 1300. The Balaban J connectivity index is 1.40. The molecule has 2 aromatic heterocycles. The number of ether oxygens (including phenoxy) is 1. The maximum Gasteiger partial charge on any atom is 0.340 e. The first-order valence-electron chi connectivity index (χ1n) is 11.8. The number of amides is 3. The lowest BCUT2D eigenvalue weighted by molar-refractivity contribution is -0.120. The van der Waals surface area contributed by atoms with Gasteiger partial charge in [0.1, 0.15) is 35.7 Å². The van der Waals surface area contributed by atoms with Gasteiger partial charge in [0, 0.05) is 45.4 Å². The number of hydrogen-bond acceptors (Lipinski definition) is 9. The van der Waals surface area contributed by atoms with Crippen molar-refractivity contribution >= 4 is 35.7 Å². The van der Waals surface area contributed by atoms with Crippen molar-refractivity contribution in [1.29, 1.82) is 0 Å². The summed E-state index contributed by atoms with van der Waals surface area (Å²) >= 11 is 0.848. The summed E-state index contributed by atoms with van der Waals surface area (Å²) in [5.41, 5.74) is 3.93. The van der Waals surface area contributed by atoms with Gasteiger partial charge in [0.05, 0.1) is 19.0 Å². The molecule has 0 spiro atoms. The molecule has 39 heavy (non-hydrogen) atoms. The van der Waals surface area contributed by atoms with E-state index in [1.165, 1.54) is 25.3 Å². The second kappa shape index (κ2) is 12.7. The molecule has 3 aromatic rings. The molecule has 14 heteroatoms. The van der Waals surface area contributed by atoms with Gasteiger partial charge in [-0.15, -0.1) is 4.41 Å². The first-order valence-corrected chi connectivity index (χ1v) is 12.5. The summed E-state index contributed by atoms with van der Waals surface area (Å²) in [6.07, 6.45) is 3.77. The Kier molecular flexibility index (Phi) is 9.11. The normalized spacial score (nSPS) is 13.1. The number of aromatic nitrogens is 2. The van der Waals surface area contributed by atoms with Crippen LogP contribution in [0, 0.1) is 11.6 Å². The number of likely N-dealkylation sites (N-methyl/N-ethyl adjacent to an activating group) is 1. The molecule has 0 saturated heterocycles. The molecular formula is C25H27F2N7O4S. The number of rotatable bonds is 10. The highest BCUT2D eigenvalue weighted by Gasteiger charge is 2.27. The molecule has 1 aromatic carbocycles. The number of carbonyl (C=O) groups is 2. The fourth-order valence-corrected chi connectivity index (χ4v) is 4.48. The van der Waals surface area contributed by atoms with E-state index in [1.807, 2.05) is 17.1 Å². The number of benzene rings is 1. The van der Waals surface area contributed by atoms with Gasteiger partial charge in [0.15, 0.2) is 0 Å². The van der Waals surface area contributed by atoms with Crippen molar-refractivity contribution in [2.75, 3.05) is 37.7 Å². The summed E-state index contributed by atoms with van der Waals surface area (Å²) in [5.74, 6) is -0.990. The lowest BCUT2D eigenvalue weighted by atomic mass is 10.0. The number of urea groups is 1. The minimum atomic E-state index is -1.20. The van der Waals surface area contributed by atoms with Crippen molar-refractivity contribution in [3.8, 4) is 5.88 Å².